The molecule has 1 atom stereocenters. The molecule has 1 aromatic carbocycles. The molecule has 0 aliphatic rings. The molecule has 0 amide bonds. The zero-order valence-electron chi connectivity index (χ0n) is 10.9. The molecule has 0 radical (unpaired) electrons. The average molecular weight is 308 g/mol. The highest BCUT2D eigenvalue weighted by molar-refractivity contribution is 9.10. The van der Waals surface area contributed by atoms with E-state index in [1.165, 1.54) is 16.7 Å². The predicted octanol–water partition coefficient (Wildman–Crippen LogP) is 3.28. The summed E-state index contributed by atoms with van der Waals surface area (Å²) in [5.74, 6) is 0. The Bertz CT molecular complexity index is 534. The molecule has 0 aliphatic carbocycles. The first-order valence-corrected chi connectivity index (χ1v) is 6.90. The molecule has 1 aromatic heterocycles. The molecule has 3 nitrogen and oxygen atoms in total. The van der Waals surface area contributed by atoms with E-state index in [2.05, 4.69) is 64.6 Å². The van der Waals surface area contributed by atoms with Crippen LogP contribution in [0.15, 0.2) is 35.1 Å². The maximum atomic E-state index is 4.35. The molecule has 4 heteroatoms. The van der Waals surface area contributed by atoms with E-state index in [1.807, 2.05) is 17.9 Å². The van der Waals surface area contributed by atoms with Crippen LogP contribution in [-0.2, 0) is 6.54 Å². The van der Waals surface area contributed by atoms with Crippen molar-refractivity contribution in [3.8, 4) is 0 Å². The fourth-order valence-electron chi connectivity index (χ4n) is 2.13. The second-order valence-electron chi connectivity index (χ2n) is 4.35. The van der Waals surface area contributed by atoms with Crippen LogP contribution in [0.4, 0.5) is 0 Å². The molecule has 2 rings (SSSR count). The summed E-state index contributed by atoms with van der Waals surface area (Å²) in [4.78, 5) is 0. The second-order valence-corrected chi connectivity index (χ2v) is 5.27. The van der Waals surface area contributed by atoms with Crippen LogP contribution in [0.3, 0.4) is 0 Å². The summed E-state index contributed by atoms with van der Waals surface area (Å²) >= 11 is 3.54. The Hall–Kier alpha value is -1.13. The van der Waals surface area contributed by atoms with Gasteiger partial charge in [-0.15, -0.1) is 0 Å². The molecule has 96 valence electrons. The maximum absolute atomic E-state index is 4.35. The Balaban J connectivity index is 2.41. The fourth-order valence-corrected chi connectivity index (χ4v) is 2.50. The van der Waals surface area contributed by atoms with E-state index < -0.39 is 0 Å². The molecule has 0 bridgehead atoms. The number of hydrogen-bond acceptors (Lipinski definition) is 2. The molecule has 2 aromatic rings. The number of aryl methyl sites for hydroxylation is 2. The number of aromatic nitrogens is 2. The first kappa shape index (κ1) is 13.3. The molecule has 18 heavy (non-hydrogen) atoms. The van der Waals surface area contributed by atoms with E-state index in [4.69, 9.17) is 0 Å². The Morgan fingerprint density at radius 2 is 2.22 bits per heavy atom. The molecule has 0 fully saturated rings. The van der Waals surface area contributed by atoms with Crippen LogP contribution in [-0.4, -0.2) is 16.8 Å². The summed E-state index contributed by atoms with van der Waals surface area (Å²) in [5, 5.41) is 7.71. The minimum atomic E-state index is 0.183. The minimum Gasteiger partial charge on any atom is -0.309 e. The summed E-state index contributed by atoms with van der Waals surface area (Å²) in [5.41, 5.74) is 3.75. The highest BCUT2D eigenvalue weighted by Crippen LogP contribution is 2.27. The Kier molecular flexibility index (Phi) is 4.19. The van der Waals surface area contributed by atoms with E-state index in [1.54, 1.807) is 0 Å². The molecule has 0 saturated carbocycles. The van der Waals surface area contributed by atoms with Crippen LogP contribution < -0.4 is 5.32 Å². The summed E-state index contributed by atoms with van der Waals surface area (Å²) in [6.07, 6.45) is 4.03. The third-order valence-electron chi connectivity index (χ3n) is 3.15. The normalized spacial score (nSPS) is 12.7. The van der Waals surface area contributed by atoms with Gasteiger partial charge < -0.3 is 5.32 Å². The van der Waals surface area contributed by atoms with Crippen molar-refractivity contribution < 1.29 is 0 Å². The number of nitrogens with zero attached hydrogens (tertiary/aromatic N) is 2. The van der Waals surface area contributed by atoms with Gasteiger partial charge in [-0.2, -0.15) is 5.10 Å². The average Bonchev–Trinajstić information content (AvgIpc) is 2.83. The Labute approximate surface area is 116 Å². The molecule has 0 saturated heterocycles. The van der Waals surface area contributed by atoms with Gasteiger partial charge in [-0.05, 0) is 44.2 Å². The molecule has 0 spiro atoms. The van der Waals surface area contributed by atoms with Crippen molar-refractivity contribution in [1.82, 2.24) is 15.1 Å². The molecule has 0 aliphatic heterocycles. The largest absolute Gasteiger partial charge is 0.309 e. The first-order valence-electron chi connectivity index (χ1n) is 6.11. The minimum absolute atomic E-state index is 0.183. The zero-order chi connectivity index (χ0) is 13.1. The molecular weight excluding hydrogens is 290 g/mol. The van der Waals surface area contributed by atoms with Gasteiger partial charge in [0.1, 0.15) is 0 Å². The highest BCUT2D eigenvalue weighted by atomic mass is 79.9. The van der Waals surface area contributed by atoms with Gasteiger partial charge in [0.15, 0.2) is 0 Å². The number of halogens is 1. The highest BCUT2D eigenvalue weighted by Gasteiger charge is 2.16. The van der Waals surface area contributed by atoms with Crippen LogP contribution in [0, 0.1) is 6.92 Å². The van der Waals surface area contributed by atoms with Gasteiger partial charge in [-0.1, -0.05) is 22.0 Å². The van der Waals surface area contributed by atoms with Gasteiger partial charge in [0.05, 0.1) is 12.2 Å². The maximum Gasteiger partial charge on any atom is 0.0608 e. The van der Waals surface area contributed by atoms with Gasteiger partial charge in [-0.25, -0.2) is 0 Å². The lowest BCUT2D eigenvalue weighted by atomic mass is 9.97. The van der Waals surface area contributed by atoms with Crippen molar-refractivity contribution in [2.75, 3.05) is 7.05 Å². The number of nitrogens with one attached hydrogen (secondary N) is 1. The second kappa shape index (κ2) is 5.67. The Morgan fingerprint density at radius 3 is 2.83 bits per heavy atom. The van der Waals surface area contributed by atoms with Crippen molar-refractivity contribution in [1.29, 1.82) is 0 Å². The van der Waals surface area contributed by atoms with Crippen molar-refractivity contribution >= 4 is 15.9 Å². The van der Waals surface area contributed by atoms with E-state index in [0.29, 0.717) is 0 Å². The number of rotatable bonds is 4. The van der Waals surface area contributed by atoms with E-state index >= 15 is 0 Å². The monoisotopic (exact) mass is 307 g/mol. The lowest BCUT2D eigenvalue weighted by Crippen LogP contribution is -2.18. The van der Waals surface area contributed by atoms with E-state index in [9.17, 15) is 0 Å². The molecule has 1 N–H and O–H groups in total. The summed E-state index contributed by atoms with van der Waals surface area (Å²) in [6.45, 7) is 5.12. The van der Waals surface area contributed by atoms with E-state index in [-0.39, 0.29) is 6.04 Å². The Morgan fingerprint density at radius 1 is 1.44 bits per heavy atom. The van der Waals surface area contributed by atoms with Crippen molar-refractivity contribution in [3.63, 3.8) is 0 Å². The van der Waals surface area contributed by atoms with Crippen LogP contribution in [0.25, 0.3) is 0 Å². The van der Waals surface area contributed by atoms with Crippen LogP contribution >= 0.6 is 15.9 Å². The van der Waals surface area contributed by atoms with E-state index in [0.717, 1.165) is 11.0 Å². The quantitative estimate of drug-likeness (QED) is 0.939. The van der Waals surface area contributed by atoms with Gasteiger partial charge in [0.25, 0.3) is 0 Å². The summed E-state index contributed by atoms with van der Waals surface area (Å²) < 4.78 is 3.05. The fraction of sp³-hybridized carbons (Fsp3) is 0.357. The topological polar surface area (TPSA) is 29.9 Å². The van der Waals surface area contributed by atoms with Crippen molar-refractivity contribution in [2.24, 2.45) is 0 Å². The van der Waals surface area contributed by atoms with Gasteiger partial charge in [0.2, 0.25) is 0 Å². The van der Waals surface area contributed by atoms with Gasteiger partial charge in [-0.3, -0.25) is 4.68 Å². The lowest BCUT2D eigenvalue weighted by Gasteiger charge is -2.17. The molecular formula is C14H18BrN3. The van der Waals surface area contributed by atoms with Crippen LogP contribution in [0.5, 0.6) is 0 Å². The van der Waals surface area contributed by atoms with Crippen LogP contribution in [0.2, 0.25) is 0 Å². The summed E-state index contributed by atoms with van der Waals surface area (Å²) in [6, 6.07) is 6.55. The number of hydrogen-bond donors (Lipinski definition) is 1. The van der Waals surface area contributed by atoms with Crippen molar-refractivity contribution in [3.05, 3.63) is 51.8 Å². The zero-order valence-corrected chi connectivity index (χ0v) is 12.5. The van der Waals surface area contributed by atoms with Crippen LogP contribution in [0.1, 0.15) is 29.7 Å². The first-order chi connectivity index (χ1) is 8.65. The third kappa shape index (κ3) is 2.65. The summed E-state index contributed by atoms with van der Waals surface area (Å²) in [7, 11) is 1.98. The predicted molar refractivity (Wildman–Crippen MR) is 77.7 cm³/mol. The van der Waals surface area contributed by atoms with Crippen molar-refractivity contribution in [2.45, 2.75) is 26.4 Å². The molecule has 1 heterocycles. The standard InChI is InChI=1S/C14H18BrN3/c1-4-18-9-11(8-17-18)14(16-3)13-7-12(15)6-5-10(13)2/h5-9,14,16H,4H2,1-3H3. The molecule has 1 unspecified atom stereocenters. The smallest absolute Gasteiger partial charge is 0.0608 e. The SMILES string of the molecule is CCn1cc(C(NC)c2cc(Br)ccc2C)cn1. The lowest BCUT2D eigenvalue weighted by molar-refractivity contribution is 0.653. The van der Waals surface area contributed by atoms with Gasteiger partial charge >= 0.3 is 0 Å². The van der Waals surface area contributed by atoms with Gasteiger partial charge in [0, 0.05) is 22.8 Å². The number of benzene rings is 1. The third-order valence-corrected chi connectivity index (χ3v) is 3.64.